The molecule has 0 radical (unpaired) electrons. The third-order valence-electron chi connectivity index (χ3n) is 9.02. The monoisotopic (exact) mass is 655 g/mol. The summed E-state index contributed by atoms with van der Waals surface area (Å²) in [6.45, 7) is 10.0. The number of aryl methyl sites for hydroxylation is 1. The van der Waals surface area contributed by atoms with E-state index >= 15 is 0 Å². The van der Waals surface area contributed by atoms with Crippen LogP contribution in [-0.2, 0) is 20.8 Å². The summed E-state index contributed by atoms with van der Waals surface area (Å²) >= 11 is 0. The third kappa shape index (κ3) is 11.9. The standard InChI is InChI=1S/C29H47N5O3.C11H10/c1-22(32(6)26(35)14-11-17-29(2,3)30)27(36)33(7)25(20-23-12-9-8-10-13-23)28(37)34-18-15-24(16-19-34)21-31(4)5;1-9-6-7-10-4-2-3-5-11(10)8-9/h8-14,22,24-25H,15-21,30H2,1-7H3;2-8H,1H3/b14-11+;/t22-,25-;/m1./s1. The fourth-order valence-electron chi connectivity index (χ4n) is 5.98. The van der Waals surface area contributed by atoms with Gasteiger partial charge in [0.2, 0.25) is 17.7 Å². The van der Waals surface area contributed by atoms with Crippen molar-refractivity contribution in [1.29, 1.82) is 0 Å². The summed E-state index contributed by atoms with van der Waals surface area (Å²) in [4.78, 5) is 47.0. The summed E-state index contributed by atoms with van der Waals surface area (Å²) in [6.07, 6.45) is 6.09. The second kappa shape index (κ2) is 17.9. The second-order valence-electron chi connectivity index (χ2n) is 14.3. The van der Waals surface area contributed by atoms with Gasteiger partial charge in [-0.2, -0.15) is 0 Å². The number of nitrogens with zero attached hydrogens (tertiary/aromatic N) is 4. The molecule has 1 aliphatic rings. The average Bonchev–Trinajstić information content (AvgIpc) is 3.05. The molecule has 1 fully saturated rings. The number of fused-ring (bicyclic) bond motifs is 1. The first-order valence-electron chi connectivity index (χ1n) is 17.1. The van der Waals surface area contributed by atoms with Crippen molar-refractivity contribution in [2.75, 3.05) is 47.8 Å². The lowest BCUT2D eigenvalue weighted by Crippen LogP contribution is -2.56. The zero-order chi connectivity index (χ0) is 35.4. The molecule has 1 saturated heterocycles. The van der Waals surface area contributed by atoms with Crippen LogP contribution < -0.4 is 5.73 Å². The van der Waals surface area contributed by atoms with Gasteiger partial charge in [0.25, 0.3) is 0 Å². The Balaban J connectivity index is 0.000000472. The number of carbonyl (C=O) groups is 3. The topological polar surface area (TPSA) is 90.2 Å². The Kier molecular flexibility index (Phi) is 14.4. The maximum absolute atomic E-state index is 13.8. The summed E-state index contributed by atoms with van der Waals surface area (Å²) in [5, 5.41) is 2.64. The molecule has 1 aliphatic heterocycles. The first-order valence-corrected chi connectivity index (χ1v) is 17.1. The molecule has 2 N–H and O–H groups in total. The Bertz CT molecular complexity index is 1510. The molecule has 260 valence electrons. The minimum absolute atomic E-state index is 0.0331. The Labute approximate surface area is 288 Å². The van der Waals surface area contributed by atoms with Crippen molar-refractivity contribution < 1.29 is 14.4 Å². The van der Waals surface area contributed by atoms with E-state index in [1.165, 1.54) is 32.2 Å². The lowest BCUT2D eigenvalue weighted by Gasteiger charge is -2.38. The molecule has 0 saturated carbocycles. The molecule has 8 heteroatoms. The highest BCUT2D eigenvalue weighted by Gasteiger charge is 2.35. The quantitative estimate of drug-likeness (QED) is 0.274. The number of likely N-dealkylation sites (N-methyl/N-ethyl adjacent to an activating group) is 2. The third-order valence-corrected chi connectivity index (χ3v) is 9.02. The summed E-state index contributed by atoms with van der Waals surface area (Å²) in [5.41, 5.74) is 7.89. The van der Waals surface area contributed by atoms with E-state index in [1.807, 2.05) is 49.1 Å². The number of rotatable bonds is 11. The molecule has 3 aromatic carbocycles. The fraction of sp³-hybridized carbons (Fsp3) is 0.475. The number of nitrogens with two attached hydrogens (primary N) is 1. The van der Waals surface area contributed by atoms with Crippen LogP contribution in [0, 0.1) is 12.8 Å². The van der Waals surface area contributed by atoms with E-state index in [1.54, 1.807) is 27.1 Å². The molecule has 0 unspecified atom stereocenters. The predicted octanol–water partition coefficient (Wildman–Crippen LogP) is 5.54. The summed E-state index contributed by atoms with van der Waals surface area (Å²) in [7, 11) is 7.44. The van der Waals surface area contributed by atoms with Crippen LogP contribution in [0.2, 0.25) is 0 Å². The molecular weight excluding hydrogens is 598 g/mol. The van der Waals surface area contributed by atoms with Gasteiger partial charge in [0, 0.05) is 45.7 Å². The zero-order valence-corrected chi connectivity index (χ0v) is 30.4. The Morgan fingerprint density at radius 1 is 0.896 bits per heavy atom. The first-order chi connectivity index (χ1) is 22.7. The molecule has 48 heavy (non-hydrogen) atoms. The Hall–Kier alpha value is -4.01. The van der Waals surface area contributed by atoms with Gasteiger partial charge in [0.1, 0.15) is 12.1 Å². The van der Waals surface area contributed by atoms with E-state index in [4.69, 9.17) is 5.73 Å². The van der Waals surface area contributed by atoms with Crippen LogP contribution >= 0.6 is 0 Å². The van der Waals surface area contributed by atoms with E-state index in [2.05, 4.69) is 68.4 Å². The molecule has 1 heterocycles. The first kappa shape index (κ1) is 38.4. The van der Waals surface area contributed by atoms with Crippen LogP contribution in [0.5, 0.6) is 0 Å². The van der Waals surface area contributed by atoms with Gasteiger partial charge in [-0.1, -0.05) is 84.4 Å². The van der Waals surface area contributed by atoms with Crippen molar-refractivity contribution in [2.45, 2.75) is 71.0 Å². The molecule has 3 aromatic rings. The van der Waals surface area contributed by atoms with Crippen molar-refractivity contribution in [2.24, 2.45) is 11.7 Å². The molecule has 4 rings (SSSR count). The van der Waals surface area contributed by atoms with Crippen molar-refractivity contribution in [1.82, 2.24) is 19.6 Å². The van der Waals surface area contributed by atoms with Crippen LogP contribution in [0.1, 0.15) is 51.2 Å². The van der Waals surface area contributed by atoms with Crippen LogP contribution in [-0.4, -0.2) is 103 Å². The summed E-state index contributed by atoms with van der Waals surface area (Å²) in [5.74, 6) is 0.00501. The highest BCUT2D eigenvalue weighted by molar-refractivity contribution is 5.94. The number of benzene rings is 3. The molecular formula is C40H57N5O3. The summed E-state index contributed by atoms with van der Waals surface area (Å²) in [6, 6.07) is 23.3. The van der Waals surface area contributed by atoms with Crippen molar-refractivity contribution in [3.8, 4) is 0 Å². The van der Waals surface area contributed by atoms with Crippen molar-refractivity contribution >= 4 is 28.5 Å². The lowest BCUT2D eigenvalue weighted by molar-refractivity contribution is -0.149. The minimum atomic E-state index is -0.718. The smallest absolute Gasteiger partial charge is 0.246 e. The van der Waals surface area contributed by atoms with Gasteiger partial charge in [-0.25, -0.2) is 0 Å². The van der Waals surface area contributed by atoms with Crippen LogP contribution in [0.15, 0.2) is 84.9 Å². The number of hydrogen-bond donors (Lipinski definition) is 1. The van der Waals surface area contributed by atoms with Crippen LogP contribution in [0.4, 0.5) is 0 Å². The van der Waals surface area contributed by atoms with Gasteiger partial charge in [0.15, 0.2) is 0 Å². The van der Waals surface area contributed by atoms with Crippen molar-refractivity contribution in [3.05, 3.63) is 96.1 Å². The number of piperidine rings is 1. The average molecular weight is 656 g/mol. The highest BCUT2D eigenvalue weighted by Crippen LogP contribution is 2.21. The summed E-state index contributed by atoms with van der Waals surface area (Å²) < 4.78 is 0. The van der Waals surface area contributed by atoms with Gasteiger partial charge in [-0.15, -0.1) is 0 Å². The van der Waals surface area contributed by atoms with Crippen LogP contribution in [0.3, 0.4) is 0 Å². The number of likely N-dealkylation sites (tertiary alicyclic amines) is 1. The van der Waals surface area contributed by atoms with Gasteiger partial charge in [0.05, 0.1) is 0 Å². The molecule has 8 nitrogen and oxygen atoms in total. The lowest BCUT2D eigenvalue weighted by atomic mass is 9.95. The fourth-order valence-corrected chi connectivity index (χ4v) is 5.98. The van der Waals surface area contributed by atoms with E-state index in [0.29, 0.717) is 31.8 Å². The highest BCUT2D eigenvalue weighted by atomic mass is 16.2. The van der Waals surface area contributed by atoms with Crippen LogP contribution in [0.25, 0.3) is 10.8 Å². The maximum atomic E-state index is 13.8. The molecule has 0 bridgehead atoms. The van der Waals surface area contributed by atoms with E-state index in [-0.39, 0.29) is 17.7 Å². The van der Waals surface area contributed by atoms with Gasteiger partial charge in [-0.05, 0) is 89.4 Å². The number of amides is 3. The Morgan fingerprint density at radius 3 is 2.10 bits per heavy atom. The molecule has 0 aromatic heterocycles. The van der Waals surface area contributed by atoms with Gasteiger partial charge < -0.3 is 25.3 Å². The molecule has 3 amide bonds. The molecule has 0 aliphatic carbocycles. The largest absolute Gasteiger partial charge is 0.341 e. The molecule has 0 spiro atoms. The number of carbonyl (C=O) groups excluding carboxylic acids is 3. The minimum Gasteiger partial charge on any atom is -0.341 e. The van der Waals surface area contributed by atoms with Gasteiger partial charge in [-0.3, -0.25) is 14.4 Å². The maximum Gasteiger partial charge on any atom is 0.246 e. The van der Waals surface area contributed by atoms with E-state index < -0.39 is 17.6 Å². The van der Waals surface area contributed by atoms with Gasteiger partial charge >= 0.3 is 0 Å². The predicted molar refractivity (Wildman–Crippen MR) is 198 cm³/mol. The second-order valence-corrected chi connectivity index (χ2v) is 14.3. The van der Waals surface area contributed by atoms with E-state index in [0.717, 1.165) is 24.9 Å². The molecule has 2 atom stereocenters. The number of hydrogen-bond acceptors (Lipinski definition) is 5. The Morgan fingerprint density at radius 2 is 1.50 bits per heavy atom. The SMILES string of the molecule is C[C@H](C(=O)N(C)[C@H](Cc1ccccc1)C(=O)N1CCC(CN(C)C)CC1)N(C)C(=O)/C=C/CC(C)(C)N.Cc1ccc2ccccc2c1. The van der Waals surface area contributed by atoms with Crippen molar-refractivity contribution in [3.63, 3.8) is 0 Å². The zero-order valence-electron chi connectivity index (χ0n) is 30.4. The normalized spacial score (nSPS) is 15.2. The van der Waals surface area contributed by atoms with E-state index in [9.17, 15) is 14.4 Å².